The van der Waals surface area contributed by atoms with Crippen molar-refractivity contribution in [3.8, 4) is 0 Å². The Morgan fingerprint density at radius 2 is 2.00 bits per heavy atom. The predicted molar refractivity (Wildman–Crippen MR) is 65.1 cm³/mol. The van der Waals surface area contributed by atoms with Crippen molar-refractivity contribution in [2.24, 2.45) is 28.6 Å². The van der Waals surface area contributed by atoms with Gasteiger partial charge in [-0.3, -0.25) is 4.79 Å². The first-order valence-electron chi connectivity index (χ1n) is 6.99. The van der Waals surface area contributed by atoms with Crippen molar-refractivity contribution in [3.63, 3.8) is 0 Å². The Labute approximate surface area is 99.0 Å². The molecule has 16 heavy (non-hydrogen) atoms. The van der Waals surface area contributed by atoms with Crippen molar-refractivity contribution in [2.45, 2.75) is 59.3 Å². The molecule has 3 rings (SSSR count). The Bertz CT molecular complexity index is 325. The number of hydrogen-bond donors (Lipinski definition) is 0. The number of carbonyl (C=O) groups excluding carboxylic acids is 1. The number of carbonyl (C=O) groups is 1. The first-order valence-corrected chi connectivity index (χ1v) is 6.99. The maximum absolute atomic E-state index is 12.3. The molecular weight excluding hydrogens is 196 g/mol. The third kappa shape index (κ3) is 1.15. The molecule has 0 N–H and O–H groups in total. The van der Waals surface area contributed by atoms with Gasteiger partial charge in [-0.1, -0.05) is 27.2 Å². The highest BCUT2D eigenvalue weighted by molar-refractivity contribution is 5.88. The van der Waals surface area contributed by atoms with Crippen molar-refractivity contribution in [3.05, 3.63) is 0 Å². The standard InChI is InChI=1S/C15H24O/c1-14(2,3)11-6-7-13(16)15-8-4-5-10(15)9-12(11)15/h10-12H,4-9H2,1-3H3/t10-,11-,12+,15+/m0/s1. The maximum atomic E-state index is 12.3. The van der Waals surface area contributed by atoms with E-state index in [1.165, 1.54) is 25.7 Å². The Kier molecular flexibility index (Phi) is 2.10. The molecule has 0 saturated heterocycles. The lowest BCUT2D eigenvalue weighted by atomic mass is 9.43. The second kappa shape index (κ2) is 3.11. The van der Waals surface area contributed by atoms with Crippen molar-refractivity contribution >= 4 is 5.78 Å². The molecule has 0 bridgehead atoms. The summed E-state index contributed by atoms with van der Waals surface area (Å²) < 4.78 is 0. The molecule has 0 aliphatic heterocycles. The van der Waals surface area contributed by atoms with Crippen molar-refractivity contribution in [2.75, 3.05) is 0 Å². The zero-order valence-electron chi connectivity index (χ0n) is 10.9. The van der Waals surface area contributed by atoms with Gasteiger partial charge in [0.1, 0.15) is 5.78 Å². The van der Waals surface area contributed by atoms with Gasteiger partial charge in [0.2, 0.25) is 0 Å². The summed E-state index contributed by atoms with van der Waals surface area (Å²) in [5, 5.41) is 0. The van der Waals surface area contributed by atoms with Gasteiger partial charge in [-0.2, -0.15) is 0 Å². The Morgan fingerprint density at radius 3 is 2.62 bits per heavy atom. The minimum absolute atomic E-state index is 0.177. The van der Waals surface area contributed by atoms with Crippen molar-refractivity contribution in [1.29, 1.82) is 0 Å². The fourth-order valence-electron chi connectivity index (χ4n) is 5.13. The number of rotatable bonds is 0. The topological polar surface area (TPSA) is 17.1 Å². The molecule has 90 valence electrons. The molecule has 3 saturated carbocycles. The van der Waals surface area contributed by atoms with E-state index in [-0.39, 0.29) is 5.41 Å². The van der Waals surface area contributed by atoms with Crippen LogP contribution in [0.25, 0.3) is 0 Å². The molecule has 0 aromatic rings. The molecule has 4 atom stereocenters. The van der Waals surface area contributed by atoms with Crippen LogP contribution < -0.4 is 0 Å². The lowest BCUT2D eigenvalue weighted by Crippen LogP contribution is -2.59. The van der Waals surface area contributed by atoms with Gasteiger partial charge in [-0.25, -0.2) is 0 Å². The molecular formula is C15H24O. The summed E-state index contributed by atoms with van der Waals surface area (Å²) in [4.78, 5) is 12.3. The lowest BCUT2D eigenvalue weighted by molar-refractivity contribution is -0.165. The fraction of sp³-hybridized carbons (Fsp3) is 0.933. The van der Waals surface area contributed by atoms with E-state index in [9.17, 15) is 4.79 Å². The molecule has 0 aromatic carbocycles. The Balaban J connectivity index is 1.92. The highest BCUT2D eigenvalue weighted by atomic mass is 16.1. The molecule has 0 amide bonds. The first kappa shape index (κ1) is 10.8. The van der Waals surface area contributed by atoms with Gasteiger partial charge in [-0.05, 0) is 48.9 Å². The Morgan fingerprint density at radius 1 is 1.25 bits per heavy atom. The van der Waals surface area contributed by atoms with Crippen molar-refractivity contribution < 1.29 is 4.79 Å². The molecule has 0 unspecified atom stereocenters. The van der Waals surface area contributed by atoms with Crippen LogP contribution in [0.5, 0.6) is 0 Å². The zero-order chi connectivity index (χ0) is 11.6. The molecule has 1 heteroatoms. The van der Waals surface area contributed by atoms with E-state index >= 15 is 0 Å². The molecule has 3 aliphatic rings. The molecule has 1 spiro atoms. The number of Topliss-reactive ketones (excluding diaryl/α,β-unsaturated/α-hetero) is 1. The van der Waals surface area contributed by atoms with E-state index in [0.29, 0.717) is 11.2 Å². The summed E-state index contributed by atoms with van der Waals surface area (Å²) in [6.07, 6.45) is 7.24. The smallest absolute Gasteiger partial charge is 0.139 e. The van der Waals surface area contributed by atoms with Crippen molar-refractivity contribution in [1.82, 2.24) is 0 Å². The van der Waals surface area contributed by atoms with Gasteiger partial charge in [0, 0.05) is 11.8 Å². The van der Waals surface area contributed by atoms with E-state index < -0.39 is 0 Å². The monoisotopic (exact) mass is 220 g/mol. The van der Waals surface area contributed by atoms with E-state index in [0.717, 1.165) is 30.6 Å². The van der Waals surface area contributed by atoms with Crippen LogP contribution in [0.15, 0.2) is 0 Å². The lowest BCUT2D eigenvalue weighted by Gasteiger charge is -2.60. The van der Waals surface area contributed by atoms with Crippen LogP contribution in [0.4, 0.5) is 0 Å². The number of hydrogen-bond acceptors (Lipinski definition) is 1. The van der Waals surface area contributed by atoms with E-state index in [4.69, 9.17) is 0 Å². The highest BCUT2D eigenvalue weighted by Crippen LogP contribution is 2.68. The number of ketones is 1. The van der Waals surface area contributed by atoms with Gasteiger partial charge in [-0.15, -0.1) is 0 Å². The SMILES string of the molecule is CC(C)(C)[C@H]1CCC(=O)[C@]23CCC[C@H]2C[C@H]13. The molecule has 0 heterocycles. The highest BCUT2D eigenvalue weighted by Gasteiger charge is 2.65. The second-order valence-electron chi connectivity index (χ2n) is 7.41. The van der Waals surface area contributed by atoms with E-state index in [1.807, 2.05) is 0 Å². The predicted octanol–water partition coefficient (Wildman–Crippen LogP) is 3.82. The molecule has 1 nitrogen and oxygen atoms in total. The van der Waals surface area contributed by atoms with Crippen LogP contribution in [0.3, 0.4) is 0 Å². The molecule has 0 radical (unpaired) electrons. The summed E-state index contributed by atoms with van der Waals surface area (Å²) >= 11 is 0. The van der Waals surface area contributed by atoms with Gasteiger partial charge in [0.15, 0.2) is 0 Å². The van der Waals surface area contributed by atoms with Crippen LogP contribution in [0.1, 0.15) is 59.3 Å². The zero-order valence-corrected chi connectivity index (χ0v) is 10.9. The summed E-state index contributed by atoms with van der Waals surface area (Å²) in [6, 6.07) is 0. The van der Waals surface area contributed by atoms with Crippen LogP contribution in [0.2, 0.25) is 0 Å². The van der Waals surface area contributed by atoms with Gasteiger partial charge in [0.05, 0.1) is 0 Å². The minimum Gasteiger partial charge on any atom is -0.299 e. The summed E-state index contributed by atoms with van der Waals surface area (Å²) in [5.74, 6) is 2.93. The van der Waals surface area contributed by atoms with Gasteiger partial charge in [0.25, 0.3) is 0 Å². The summed E-state index contributed by atoms with van der Waals surface area (Å²) in [7, 11) is 0. The molecule has 3 aliphatic carbocycles. The van der Waals surface area contributed by atoms with Gasteiger partial charge < -0.3 is 0 Å². The average Bonchev–Trinajstić information content (AvgIpc) is 2.43. The van der Waals surface area contributed by atoms with Crippen LogP contribution in [-0.2, 0) is 4.79 Å². The molecule has 0 aromatic heterocycles. The van der Waals surface area contributed by atoms with E-state index in [2.05, 4.69) is 20.8 Å². The molecule has 3 fully saturated rings. The minimum atomic E-state index is 0.177. The van der Waals surface area contributed by atoms with E-state index in [1.54, 1.807) is 0 Å². The quantitative estimate of drug-likeness (QED) is 0.606. The van der Waals surface area contributed by atoms with Crippen LogP contribution in [0, 0.1) is 28.6 Å². The van der Waals surface area contributed by atoms with Crippen LogP contribution in [-0.4, -0.2) is 5.78 Å². The third-order valence-corrected chi connectivity index (χ3v) is 5.87. The van der Waals surface area contributed by atoms with Crippen LogP contribution >= 0.6 is 0 Å². The maximum Gasteiger partial charge on any atom is 0.139 e. The summed E-state index contributed by atoms with van der Waals surface area (Å²) in [5.41, 5.74) is 0.572. The largest absolute Gasteiger partial charge is 0.299 e. The Hall–Kier alpha value is -0.330. The summed E-state index contributed by atoms with van der Waals surface area (Å²) in [6.45, 7) is 7.09. The average molecular weight is 220 g/mol. The third-order valence-electron chi connectivity index (χ3n) is 5.87. The normalized spacial score (nSPS) is 47.2. The second-order valence-corrected chi connectivity index (χ2v) is 7.41. The van der Waals surface area contributed by atoms with Gasteiger partial charge >= 0.3 is 0 Å². The first-order chi connectivity index (χ1) is 7.46. The fourth-order valence-corrected chi connectivity index (χ4v) is 5.13.